The van der Waals surface area contributed by atoms with Gasteiger partial charge in [0.2, 0.25) is 20.0 Å². The number of aliphatic hydroxyl groups excluding tert-OH is 2. The molecule has 0 saturated heterocycles. The van der Waals surface area contributed by atoms with E-state index in [1.54, 1.807) is 40.6 Å². The Morgan fingerprint density at radius 3 is 0.883 bits per heavy atom. The molecule has 2 N–H and O–H groups in total. The van der Waals surface area contributed by atoms with Gasteiger partial charge in [-0.25, -0.2) is 16.8 Å². The number of ether oxygens (including phenoxy) is 4. The number of rotatable bonds is 26. The Bertz CT molecular complexity index is 1810. The van der Waals surface area contributed by atoms with Crippen molar-refractivity contribution >= 4 is 20.0 Å². The maximum absolute atomic E-state index is 13.5. The van der Waals surface area contributed by atoms with E-state index in [4.69, 9.17) is 18.9 Å². The summed E-state index contributed by atoms with van der Waals surface area (Å²) in [6.45, 7) is 7.95. The third-order valence-corrected chi connectivity index (χ3v) is 14.5. The summed E-state index contributed by atoms with van der Waals surface area (Å²) in [6.07, 6.45) is 5.79. The highest BCUT2D eigenvalue weighted by Gasteiger charge is 2.33. The molecule has 4 aromatic rings. The molecule has 0 aliphatic heterocycles. The molecular weight excluding hydrogens is 805 g/mol. The number of nitrogens with zero attached hydrogens (tertiary/aromatic N) is 2. The third kappa shape index (κ3) is 15.4. The van der Waals surface area contributed by atoms with Gasteiger partial charge in [-0.1, -0.05) is 60.7 Å². The van der Waals surface area contributed by atoms with Crippen LogP contribution < -0.4 is 18.9 Å². The smallest absolute Gasteiger partial charge is 0.217 e. The Kier molecular flexibility index (Phi) is 21.4. The molecule has 4 rings (SSSR count). The van der Waals surface area contributed by atoms with Crippen molar-refractivity contribution in [3.63, 3.8) is 0 Å². The van der Waals surface area contributed by atoms with Gasteiger partial charge < -0.3 is 29.2 Å². The van der Waals surface area contributed by atoms with E-state index in [1.165, 1.54) is 8.61 Å². The van der Waals surface area contributed by atoms with Crippen LogP contribution in [0.2, 0.25) is 0 Å². The van der Waals surface area contributed by atoms with Crippen LogP contribution >= 0.6 is 0 Å². The summed E-state index contributed by atoms with van der Waals surface area (Å²) in [5.41, 5.74) is 3.44. The molecule has 328 valence electrons. The topological polar surface area (TPSA) is 152 Å². The first-order chi connectivity index (χ1) is 28.9. The summed E-state index contributed by atoms with van der Waals surface area (Å²) in [5, 5.41) is 17.5. The van der Waals surface area contributed by atoms with E-state index in [-0.39, 0.29) is 52.2 Å². The van der Waals surface area contributed by atoms with Crippen molar-refractivity contribution in [3.8, 4) is 23.0 Å². The van der Waals surface area contributed by atoms with Gasteiger partial charge >= 0.3 is 0 Å². The lowest BCUT2D eigenvalue weighted by Crippen LogP contribution is -2.38. The molecule has 60 heavy (non-hydrogen) atoms. The van der Waals surface area contributed by atoms with Crippen molar-refractivity contribution in [2.75, 3.05) is 41.7 Å². The molecule has 12 nitrogen and oxygen atoms in total. The van der Waals surface area contributed by atoms with E-state index in [0.717, 1.165) is 22.3 Å². The van der Waals surface area contributed by atoms with Gasteiger partial charge in [-0.2, -0.15) is 8.61 Å². The fourth-order valence-corrected chi connectivity index (χ4v) is 10.2. The van der Waals surface area contributed by atoms with Crippen LogP contribution in [0.5, 0.6) is 23.0 Å². The molecule has 0 amide bonds. The van der Waals surface area contributed by atoms with Crippen LogP contribution in [-0.4, -0.2) is 87.8 Å². The van der Waals surface area contributed by atoms with Crippen LogP contribution in [0.4, 0.5) is 0 Å². The quantitative estimate of drug-likeness (QED) is 0.0607. The number of methoxy groups -OCH3 is 4. The molecule has 14 heteroatoms. The lowest BCUT2D eigenvalue weighted by molar-refractivity contribution is 0.279. The second kappa shape index (κ2) is 25.8. The molecule has 2 atom stereocenters. The van der Waals surface area contributed by atoms with E-state index >= 15 is 0 Å². The lowest BCUT2D eigenvalue weighted by atomic mass is 10.2. The molecule has 0 spiro atoms. The minimum absolute atomic E-state index is 0.181. The molecule has 0 bridgehead atoms. The van der Waals surface area contributed by atoms with Crippen molar-refractivity contribution in [3.05, 3.63) is 145 Å². The summed E-state index contributed by atoms with van der Waals surface area (Å²) >= 11 is 0. The number of benzene rings is 4. The van der Waals surface area contributed by atoms with Crippen LogP contribution in [-0.2, 0) is 46.2 Å². The highest BCUT2D eigenvalue weighted by Crippen LogP contribution is 2.26. The molecule has 0 heterocycles. The predicted molar refractivity (Wildman–Crippen MR) is 238 cm³/mol. The van der Waals surface area contributed by atoms with Gasteiger partial charge in [0.15, 0.2) is 0 Å². The average molecular weight is 867 g/mol. The number of hydrogen-bond donors (Lipinski definition) is 2. The first-order valence-corrected chi connectivity index (χ1v) is 22.8. The molecular formula is C46H62N2O10S2. The number of aliphatic hydroxyl groups is 2. The first-order valence-electron chi connectivity index (χ1n) is 19.8. The second-order valence-electron chi connectivity index (χ2n) is 14.0. The zero-order valence-electron chi connectivity index (χ0n) is 35.3. The Balaban J connectivity index is 0.000000320. The zero-order valence-corrected chi connectivity index (χ0v) is 37.0. The van der Waals surface area contributed by atoms with Crippen molar-refractivity contribution in [1.82, 2.24) is 8.61 Å². The summed E-state index contributed by atoms with van der Waals surface area (Å²) in [5.74, 6) is 2.86. The van der Waals surface area contributed by atoms with Gasteiger partial charge in [0, 0.05) is 39.4 Å². The Morgan fingerprint density at radius 2 is 0.700 bits per heavy atom. The molecule has 0 fully saturated rings. The van der Waals surface area contributed by atoms with Crippen molar-refractivity contribution in [1.29, 1.82) is 0 Å². The SMILES string of the molecule is C=CCC[C@@H](CCO)S(=O)(=O)N(Cc1ccc(OC)cc1)Cc1ccc(OC)cc1.C=CCC[C@H](CCO)S(=O)(=O)N(Cc1ccc(OC)cc1)Cc1ccc(OC)cc1. The highest BCUT2D eigenvalue weighted by molar-refractivity contribution is 7.90. The van der Waals surface area contributed by atoms with Crippen molar-refractivity contribution < 1.29 is 46.0 Å². The van der Waals surface area contributed by atoms with Gasteiger partial charge in [-0.3, -0.25) is 0 Å². The molecule has 4 aromatic carbocycles. The van der Waals surface area contributed by atoms with Gasteiger partial charge in [0.05, 0.1) is 38.9 Å². The largest absolute Gasteiger partial charge is 0.497 e. The molecule has 0 aromatic heterocycles. The summed E-state index contributed by atoms with van der Waals surface area (Å²) in [7, 11) is -0.957. The second-order valence-corrected chi connectivity index (χ2v) is 18.4. The Hall–Kier alpha value is -4.70. The molecule has 0 aliphatic carbocycles. The average Bonchev–Trinajstić information content (AvgIpc) is 3.27. The highest BCUT2D eigenvalue weighted by atomic mass is 32.2. The van der Waals surface area contributed by atoms with Crippen LogP contribution in [0.15, 0.2) is 122 Å². The van der Waals surface area contributed by atoms with E-state index in [1.807, 2.05) is 97.1 Å². The van der Waals surface area contributed by atoms with Crippen LogP contribution in [0.25, 0.3) is 0 Å². The van der Waals surface area contributed by atoms with Gasteiger partial charge in [-0.05, 0) is 109 Å². The summed E-state index contributed by atoms with van der Waals surface area (Å²) in [4.78, 5) is 0. The van der Waals surface area contributed by atoms with Crippen molar-refractivity contribution in [2.45, 2.75) is 75.2 Å². The molecule has 0 saturated carbocycles. The number of sulfonamides is 2. The Labute approximate surface area is 357 Å². The fourth-order valence-electron chi connectivity index (χ4n) is 6.41. The molecule has 0 aliphatic rings. The maximum atomic E-state index is 13.5. The van der Waals surface area contributed by atoms with Gasteiger partial charge in [0.1, 0.15) is 23.0 Å². The maximum Gasteiger partial charge on any atom is 0.217 e. The lowest BCUT2D eigenvalue weighted by Gasteiger charge is -2.28. The van der Waals surface area contributed by atoms with Gasteiger partial charge in [-0.15, -0.1) is 13.2 Å². The van der Waals surface area contributed by atoms with Crippen LogP contribution in [0, 0.1) is 0 Å². The van der Waals surface area contributed by atoms with Crippen LogP contribution in [0.3, 0.4) is 0 Å². The normalized spacial score (nSPS) is 12.5. The Morgan fingerprint density at radius 1 is 0.467 bits per heavy atom. The summed E-state index contributed by atoms with van der Waals surface area (Å²) in [6, 6.07) is 29.4. The zero-order chi connectivity index (χ0) is 44.0. The van der Waals surface area contributed by atoms with E-state index in [0.29, 0.717) is 48.7 Å². The first kappa shape index (κ1) is 49.7. The minimum Gasteiger partial charge on any atom is -0.497 e. The monoisotopic (exact) mass is 866 g/mol. The number of hydrogen-bond acceptors (Lipinski definition) is 10. The summed E-state index contributed by atoms with van der Waals surface area (Å²) < 4.78 is 77.8. The standard InChI is InChI=1S/2C23H31NO5S/c2*1-4-5-6-23(15-16-25)30(26,27)24(17-19-7-11-21(28-2)12-8-19)18-20-9-13-22(29-3)14-10-20/h2*4,7-14,23,25H,1,5-6,15-18H2,2-3H3/t2*23-/m10/s1. The third-order valence-electron chi connectivity index (χ3n) is 9.92. The minimum atomic E-state index is -3.66. The van der Waals surface area contributed by atoms with E-state index in [9.17, 15) is 27.0 Å². The van der Waals surface area contributed by atoms with E-state index < -0.39 is 30.5 Å². The predicted octanol–water partition coefficient (Wildman–Crippen LogP) is 7.51. The fraction of sp³-hybridized carbons (Fsp3) is 0.391. The van der Waals surface area contributed by atoms with E-state index in [2.05, 4.69) is 13.2 Å². The van der Waals surface area contributed by atoms with Crippen molar-refractivity contribution in [2.24, 2.45) is 0 Å². The van der Waals surface area contributed by atoms with Crippen LogP contribution in [0.1, 0.15) is 60.8 Å². The number of allylic oxidation sites excluding steroid dienone is 2. The molecule has 0 radical (unpaired) electrons. The molecule has 0 unspecified atom stereocenters. The van der Waals surface area contributed by atoms with Gasteiger partial charge in [0.25, 0.3) is 0 Å².